The molecule has 1 saturated heterocycles. The van der Waals surface area contributed by atoms with Gasteiger partial charge in [-0.2, -0.15) is 5.10 Å². The van der Waals surface area contributed by atoms with Crippen LogP contribution in [-0.2, 0) is 17.1 Å². The molecule has 0 spiro atoms. The fourth-order valence-corrected chi connectivity index (χ4v) is 5.40. The summed E-state index contributed by atoms with van der Waals surface area (Å²) in [5.41, 5.74) is 7.69. The van der Waals surface area contributed by atoms with E-state index in [0.29, 0.717) is 18.7 Å². The number of halogens is 2. The lowest BCUT2D eigenvalue weighted by Crippen LogP contribution is -2.32. The van der Waals surface area contributed by atoms with Crippen LogP contribution in [-0.4, -0.2) is 42.1 Å². The van der Waals surface area contributed by atoms with Crippen molar-refractivity contribution in [1.82, 2.24) is 24.9 Å². The molecule has 2 aromatic rings. The van der Waals surface area contributed by atoms with Crippen LogP contribution < -0.4 is 10.9 Å². The van der Waals surface area contributed by atoms with E-state index in [0.717, 1.165) is 18.4 Å². The van der Waals surface area contributed by atoms with Crippen LogP contribution in [0.4, 0.5) is 4.39 Å². The summed E-state index contributed by atoms with van der Waals surface area (Å²) < 4.78 is 41.7. The number of nitrogens with one attached hydrogen (secondary N) is 2. The number of benzene rings is 1. The van der Waals surface area contributed by atoms with Crippen molar-refractivity contribution in [2.75, 3.05) is 13.6 Å². The van der Waals surface area contributed by atoms with Crippen LogP contribution >= 0.6 is 11.6 Å². The molecule has 2 unspecified atom stereocenters. The summed E-state index contributed by atoms with van der Waals surface area (Å²) in [7, 11) is -0.531. The van der Waals surface area contributed by atoms with Gasteiger partial charge in [0.15, 0.2) is 0 Å². The monoisotopic (exact) mass is 429 g/mol. The van der Waals surface area contributed by atoms with E-state index in [1.807, 2.05) is 6.07 Å². The second kappa shape index (κ2) is 8.46. The van der Waals surface area contributed by atoms with Gasteiger partial charge in [-0.3, -0.25) is 15.5 Å². The minimum Gasteiger partial charge on any atom is -0.255 e. The molecular weight excluding hydrogens is 405 g/mol. The van der Waals surface area contributed by atoms with Gasteiger partial charge < -0.3 is 0 Å². The Morgan fingerprint density at radius 2 is 2.14 bits per heavy atom. The summed E-state index contributed by atoms with van der Waals surface area (Å²) in [4.78, 5) is 0.0611. The van der Waals surface area contributed by atoms with E-state index in [-0.39, 0.29) is 27.9 Å². The van der Waals surface area contributed by atoms with E-state index >= 15 is 0 Å². The lowest BCUT2D eigenvalue weighted by atomic mass is 10.00. The second-order valence-corrected chi connectivity index (χ2v) is 9.47. The normalized spacial score (nSPS) is 20.2. The number of rotatable bonds is 7. The Labute approximate surface area is 169 Å². The van der Waals surface area contributed by atoms with Crippen LogP contribution in [0, 0.1) is 12.7 Å². The minimum atomic E-state index is -3.69. The fraction of sp³-hybridized carbons (Fsp3) is 0.500. The maximum atomic E-state index is 13.4. The number of hydrogen-bond acceptors (Lipinski definition) is 5. The number of aromatic nitrogens is 2. The van der Waals surface area contributed by atoms with Gasteiger partial charge in [-0.05, 0) is 43.9 Å². The van der Waals surface area contributed by atoms with Gasteiger partial charge in [-0.1, -0.05) is 23.7 Å². The standard InChI is InChI=1S/C18H25ClFN5O2S/c1-12-17(18(19)25(3)23-12)28(26,27)24(2)9-5-8-15-11-16(22-21-15)13-6-4-7-14(20)10-13/h4,6-7,10,15-16,21-22H,5,8-9,11H2,1-3H3. The van der Waals surface area contributed by atoms with Crippen molar-refractivity contribution in [3.05, 3.63) is 46.5 Å². The molecule has 0 saturated carbocycles. The molecular formula is C18H25ClFN5O2S. The Balaban J connectivity index is 1.54. The topological polar surface area (TPSA) is 79.3 Å². The highest BCUT2D eigenvalue weighted by Gasteiger charge is 2.30. The highest BCUT2D eigenvalue weighted by Crippen LogP contribution is 2.28. The van der Waals surface area contributed by atoms with E-state index in [9.17, 15) is 12.8 Å². The molecule has 1 fully saturated rings. The average Bonchev–Trinajstić information content (AvgIpc) is 3.19. The Bertz CT molecular complexity index is 949. The van der Waals surface area contributed by atoms with Gasteiger partial charge in [0, 0.05) is 32.7 Å². The van der Waals surface area contributed by atoms with E-state index in [2.05, 4.69) is 16.0 Å². The molecule has 0 amide bonds. The number of hydrazine groups is 1. The predicted octanol–water partition coefficient (Wildman–Crippen LogP) is 2.53. The molecule has 1 aliphatic rings. The van der Waals surface area contributed by atoms with Crippen LogP contribution in [0.15, 0.2) is 29.2 Å². The van der Waals surface area contributed by atoms with E-state index in [1.165, 1.54) is 21.1 Å². The van der Waals surface area contributed by atoms with Crippen molar-refractivity contribution in [3.63, 3.8) is 0 Å². The van der Waals surface area contributed by atoms with Crippen molar-refractivity contribution >= 4 is 21.6 Å². The molecule has 2 heterocycles. The molecule has 3 rings (SSSR count). The molecule has 7 nitrogen and oxygen atoms in total. The van der Waals surface area contributed by atoms with Crippen LogP contribution in [0.2, 0.25) is 5.15 Å². The number of hydrogen-bond donors (Lipinski definition) is 2. The minimum absolute atomic E-state index is 0.0408. The second-order valence-electron chi connectivity index (χ2n) is 7.13. The maximum Gasteiger partial charge on any atom is 0.247 e. The molecule has 2 N–H and O–H groups in total. The van der Waals surface area contributed by atoms with Crippen molar-refractivity contribution in [2.24, 2.45) is 7.05 Å². The van der Waals surface area contributed by atoms with Gasteiger partial charge in [0.2, 0.25) is 10.0 Å². The third-order valence-corrected chi connectivity index (χ3v) is 7.58. The Hall–Kier alpha value is -1.52. The van der Waals surface area contributed by atoms with E-state index < -0.39 is 10.0 Å². The van der Waals surface area contributed by atoms with Crippen LogP contribution in [0.5, 0.6) is 0 Å². The molecule has 154 valence electrons. The van der Waals surface area contributed by atoms with E-state index in [1.54, 1.807) is 27.1 Å². The summed E-state index contributed by atoms with van der Waals surface area (Å²) in [6, 6.07) is 6.78. The number of nitrogens with zero attached hydrogens (tertiary/aromatic N) is 3. The summed E-state index contributed by atoms with van der Waals surface area (Å²) >= 11 is 6.12. The maximum absolute atomic E-state index is 13.4. The van der Waals surface area contributed by atoms with Crippen molar-refractivity contribution in [3.8, 4) is 0 Å². The van der Waals surface area contributed by atoms with Gasteiger partial charge >= 0.3 is 0 Å². The summed E-state index contributed by atoms with van der Waals surface area (Å²) in [5, 5.41) is 4.19. The zero-order valence-corrected chi connectivity index (χ0v) is 17.7. The third kappa shape index (κ3) is 4.38. The first-order valence-electron chi connectivity index (χ1n) is 9.12. The van der Waals surface area contributed by atoms with Crippen LogP contribution in [0.1, 0.15) is 36.6 Å². The molecule has 0 bridgehead atoms. The highest BCUT2D eigenvalue weighted by atomic mass is 35.5. The van der Waals surface area contributed by atoms with Crippen molar-refractivity contribution in [1.29, 1.82) is 0 Å². The first kappa shape index (κ1) is 21.2. The smallest absolute Gasteiger partial charge is 0.247 e. The summed E-state index contributed by atoms with van der Waals surface area (Å²) in [5.74, 6) is -0.251. The molecule has 28 heavy (non-hydrogen) atoms. The van der Waals surface area contributed by atoms with Crippen molar-refractivity contribution < 1.29 is 12.8 Å². The molecule has 0 radical (unpaired) electrons. The zero-order valence-electron chi connectivity index (χ0n) is 16.1. The lowest BCUT2D eigenvalue weighted by Gasteiger charge is -2.18. The van der Waals surface area contributed by atoms with Gasteiger partial charge in [0.05, 0.1) is 5.69 Å². The van der Waals surface area contributed by atoms with Gasteiger partial charge in [0.25, 0.3) is 0 Å². The zero-order chi connectivity index (χ0) is 20.5. The highest BCUT2D eigenvalue weighted by molar-refractivity contribution is 7.89. The fourth-order valence-electron chi connectivity index (χ4n) is 3.49. The largest absolute Gasteiger partial charge is 0.255 e. The lowest BCUT2D eigenvalue weighted by molar-refractivity contribution is 0.428. The molecule has 10 heteroatoms. The molecule has 1 aromatic carbocycles. The van der Waals surface area contributed by atoms with Gasteiger partial charge in [0.1, 0.15) is 15.9 Å². The van der Waals surface area contributed by atoms with Crippen LogP contribution in [0.25, 0.3) is 0 Å². The number of sulfonamides is 1. The van der Waals surface area contributed by atoms with Crippen LogP contribution in [0.3, 0.4) is 0 Å². The Morgan fingerprint density at radius 1 is 1.39 bits per heavy atom. The summed E-state index contributed by atoms with van der Waals surface area (Å²) in [6.45, 7) is 2.00. The molecule has 2 atom stereocenters. The summed E-state index contributed by atoms with van der Waals surface area (Å²) in [6.07, 6.45) is 2.29. The van der Waals surface area contributed by atoms with Gasteiger partial charge in [-0.25, -0.2) is 17.1 Å². The van der Waals surface area contributed by atoms with Gasteiger partial charge in [-0.15, -0.1) is 0 Å². The Morgan fingerprint density at radius 3 is 2.79 bits per heavy atom. The Kier molecular flexibility index (Phi) is 6.41. The SMILES string of the molecule is Cc1nn(C)c(Cl)c1S(=O)(=O)N(C)CCCC1CC(c2cccc(F)c2)NN1. The first-order chi connectivity index (χ1) is 13.2. The van der Waals surface area contributed by atoms with E-state index in [4.69, 9.17) is 11.6 Å². The molecule has 1 aromatic heterocycles. The van der Waals surface area contributed by atoms with Crippen molar-refractivity contribution in [2.45, 2.75) is 43.2 Å². The molecule has 0 aliphatic carbocycles. The first-order valence-corrected chi connectivity index (χ1v) is 10.9. The number of aryl methyl sites for hydroxylation is 2. The predicted molar refractivity (Wildman–Crippen MR) is 106 cm³/mol. The average molecular weight is 430 g/mol. The molecule has 1 aliphatic heterocycles. The third-order valence-electron chi connectivity index (χ3n) is 5.03. The quantitative estimate of drug-likeness (QED) is 0.707.